The van der Waals surface area contributed by atoms with E-state index in [2.05, 4.69) is 26.0 Å². The van der Waals surface area contributed by atoms with Crippen molar-refractivity contribution in [3.63, 3.8) is 0 Å². The average molecular weight is 278 g/mol. The van der Waals surface area contributed by atoms with Crippen LogP contribution in [0, 0.1) is 13.8 Å². The zero-order valence-corrected chi connectivity index (χ0v) is 13.0. The molecule has 1 aliphatic heterocycles. The molecule has 1 fully saturated rings. The van der Waals surface area contributed by atoms with Crippen LogP contribution in [0.2, 0.25) is 0 Å². The summed E-state index contributed by atoms with van der Waals surface area (Å²) in [5.74, 6) is 0.894. The molecule has 0 aliphatic carbocycles. The van der Waals surface area contributed by atoms with Gasteiger partial charge in [-0.05, 0) is 57.2 Å². The number of nitrogens with one attached hydrogen (secondary N) is 1. The van der Waals surface area contributed by atoms with Crippen LogP contribution >= 0.6 is 0 Å². The molecule has 1 unspecified atom stereocenters. The number of aliphatic hydroxyl groups excluding tert-OH is 1. The van der Waals surface area contributed by atoms with Gasteiger partial charge < -0.3 is 14.7 Å². The molecule has 0 radical (unpaired) electrons. The molecule has 0 aromatic heterocycles. The van der Waals surface area contributed by atoms with Crippen molar-refractivity contribution >= 4 is 0 Å². The van der Waals surface area contributed by atoms with Crippen molar-refractivity contribution in [2.45, 2.75) is 52.2 Å². The summed E-state index contributed by atoms with van der Waals surface area (Å²) >= 11 is 0. The topological polar surface area (TPSA) is 33.9 Å². The van der Waals surface area contributed by atoms with Crippen LogP contribution in [-0.4, -0.2) is 36.9 Å². The SMILES string of the molecule is Cc1ccc(C)c(OC[C@H](O)C[NH+]2CCCC[C@H]2C)c1. The summed E-state index contributed by atoms with van der Waals surface area (Å²) in [6.45, 7) is 8.75. The second-order valence-electron chi connectivity index (χ2n) is 6.24. The van der Waals surface area contributed by atoms with Crippen LogP contribution in [0.5, 0.6) is 5.75 Å². The van der Waals surface area contributed by atoms with Gasteiger partial charge in [-0.25, -0.2) is 0 Å². The number of piperidine rings is 1. The molecule has 0 saturated carbocycles. The number of rotatable bonds is 5. The molecule has 1 aliphatic rings. The summed E-state index contributed by atoms with van der Waals surface area (Å²) in [5.41, 5.74) is 2.32. The summed E-state index contributed by atoms with van der Waals surface area (Å²) in [5, 5.41) is 10.2. The van der Waals surface area contributed by atoms with Crippen LogP contribution in [0.3, 0.4) is 0 Å². The molecule has 20 heavy (non-hydrogen) atoms. The first-order valence-electron chi connectivity index (χ1n) is 7.79. The molecule has 1 aromatic carbocycles. The van der Waals surface area contributed by atoms with E-state index in [1.807, 2.05) is 13.0 Å². The Balaban J connectivity index is 1.82. The molecule has 2 N–H and O–H groups in total. The number of hydrogen-bond donors (Lipinski definition) is 2. The third-order valence-electron chi connectivity index (χ3n) is 4.35. The molecule has 0 spiro atoms. The molecule has 1 saturated heterocycles. The monoisotopic (exact) mass is 278 g/mol. The van der Waals surface area contributed by atoms with Crippen molar-refractivity contribution in [2.75, 3.05) is 19.7 Å². The Labute approximate surface area is 122 Å². The first kappa shape index (κ1) is 15.3. The third-order valence-corrected chi connectivity index (χ3v) is 4.35. The van der Waals surface area contributed by atoms with Crippen molar-refractivity contribution in [1.29, 1.82) is 0 Å². The van der Waals surface area contributed by atoms with Gasteiger partial charge in [-0.1, -0.05) is 12.1 Å². The second kappa shape index (κ2) is 7.09. The average Bonchev–Trinajstić information content (AvgIpc) is 2.42. The summed E-state index contributed by atoms with van der Waals surface area (Å²) in [4.78, 5) is 1.52. The first-order valence-corrected chi connectivity index (χ1v) is 7.79. The quantitative estimate of drug-likeness (QED) is 0.856. The molecular formula is C17H28NO2+. The molecule has 1 heterocycles. The van der Waals surface area contributed by atoms with Gasteiger partial charge in [0, 0.05) is 0 Å². The van der Waals surface area contributed by atoms with E-state index in [9.17, 15) is 5.11 Å². The highest BCUT2D eigenvalue weighted by atomic mass is 16.5. The predicted octanol–water partition coefficient (Wildman–Crippen LogP) is 1.50. The van der Waals surface area contributed by atoms with Gasteiger partial charge in [0.1, 0.15) is 25.0 Å². The highest BCUT2D eigenvalue weighted by Gasteiger charge is 2.24. The Bertz CT molecular complexity index is 433. The molecule has 3 atom stereocenters. The molecule has 2 rings (SSSR count). The van der Waals surface area contributed by atoms with Gasteiger partial charge in [-0.3, -0.25) is 0 Å². The van der Waals surface area contributed by atoms with Crippen molar-refractivity contribution in [3.8, 4) is 5.75 Å². The number of aryl methyl sites for hydroxylation is 2. The Hall–Kier alpha value is -1.06. The van der Waals surface area contributed by atoms with E-state index in [4.69, 9.17) is 4.74 Å². The van der Waals surface area contributed by atoms with E-state index in [1.54, 1.807) is 0 Å². The Morgan fingerprint density at radius 3 is 2.90 bits per heavy atom. The molecule has 1 aromatic rings. The predicted molar refractivity (Wildman–Crippen MR) is 81.4 cm³/mol. The summed E-state index contributed by atoms with van der Waals surface area (Å²) in [7, 11) is 0. The zero-order valence-electron chi connectivity index (χ0n) is 13.0. The molecule has 0 bridgehead atoms. The molecule has 0 amide bonds. The van der Waals surface area contributed by atoms with Crippen LogP contribution in [0.15, 0.2) is 18.2 Å². The highest BCUT2D eigenvalue weighted by Crippen LogP contribution is 2.19. The maximum absolute atomic E-state index is 10.2. The second-order valence-corrected chi connectivity index (χ2v) is 6.24. The minimum atomic E-state index is -0.384. The van der Waals surface area contributed by atoms with E-state index >= 15 is 0 Å². The number of hydrogen-bond acceptors (Lipinski definition) is 2. The van der Waals surface area contributed by atoms with E-state index in [-0.39, 0.29) is 6.10 Å². The maximum Gasteiger partial charge on any atom is 0.137 e. The largest absolute Gasteiger partial charge is 0.490 e. The third kappa shape index (κ3) is 4.22. The van der Waals surface area contributed by atoms with Crippen LogP contribution in [0.1, 0.15) is 37.3 Å². The van der Waals surface area contributed by atoms with Gasteiger partial charge in [0.05, 0.1) is 12.6 Å². The van der Waals surface area contributed by atoms with Crippen molar-refractivity contribution in [2.24, 2.45) is 0 Å². The Kier molecular flexibility index (Phi) is 5.44. The van der Waals surface area contributed by atoms with Crippen molar-refractivity contribution in [1.82, 2.24) is 0 Å². The lowest BCUT2D eigenvalue weighted by Gasteiger charge is -2.31. The molecular weight excluding hydrogens is 250 g/mol. The van der Waals surface area contributed by atoms with E-state index in [0.29, 0.717) is 12.6 Å². The fourth-order valence-corrected chi connectivity index (χ4v) is 2.97. The minimum Gasteiger partial charge on any atom is -0.490 e. The van der Waals surface area contributed by atoms with Crippen LogP contribution in [0.25, 0.3) is 0 Å². The lowest BCUT2D eigenvalue weighted by molar-refractivity contribution is -0.931. The lowest BCUT2D eigenvalue weighted by Crippen LogP contribution is -3.17. The molecule has 3 nitrogen and oxygen atoms in total. The van der Waals surface area contributed by atoms with E-state index in [1.165, 1.54) is 36.3 Å². The summed E-state index contributed by atoms with van der Waals surface area (Å²) in [6, 6.07) is 6.85. The van der Waals surface area contributed by atoms with E-state index in [0.717, 1.165) is 17.9 Å². The van der Waals surface area contributed by atoms with Gasteiger partial charge in [0.25, 0.3) is 0 Å². The number of quaternary nitrogens is 1. The van der Waals surface area contributed by atoms with Crippen LogP contribution in [-0.2, 0) is 0 Å². The number of aliphatic hydroxyl groups is 1. The molecule has 112 valence electrons. The molecule has 3 heteroatoms. The van der Waals surface area contributed by atoms with Crippen LogP contribution < -0.4 is 9.64 Å². The van der Waals surface area contributed by atoms with Gasteiger partial charge >= 0.3 is 0 Å². The zero-order chi connectivity index (χ0) is 14.5. The Morgan fingerprint density at radius 2 is 2.15 bits per heavy atom. The van der Waals surface area contributed by atoms with Gasteiger partial charge in [0.15, 0.2) is 0 Å². The highest BCUT2D eigenvalue weighted by molar-refractivity contribution is 5.35. The van der Waals surface area contributed by atoms with Gasteiger partial charge in [0.2, 0.25) is 0 Å². The normalized spacial score (nSPS) is 24.4. The minimum absolute atomic E-state index is 0.384. The summed E-state index contributed by atoms with van der Waals surface area (Å²) in [6.07, 6.45) is 3.51. The summed E-state index contributed by atoms with van der Waals surface area (Å²) < 4.78 is 5.79. The number of benzene rings is 1. The Morgan fingerprint density at radius 1 is 1.35 bits per heavy atom. The number of ether oxygens (including phenoxy) is 1. The van der Waals surface area contributed by atoms with E-state index < -0.39 is 0 Å². The lowest BCUT2D eigenvalue weighted by atomic mass is 10.0. The fourth-order valence-electron chi connectivity index (χ4n) is 2.97. The maximum atomic E-state index is 10.2. The standard InChI is InChI=1S/C17H27NO2/c1-13-7-8-14(2)17(10-13)20-12-16(19)11-18-9-5-4-6-15(18)3/h7-8,10,15-16,19H,4-6,9,11-12H2,1-3H3/p+1/t15-,16-/m1/s1. The first-order chi connectivity index (χ1) is 9.56. The van der Waals surface area contributed by atoms with Crippen molar-refractivity contribution < 1.29 is 14.7 Å². The fraction of sp³-hybridized carbons (Fsp3) is 0.647. The van der Waals surface area contributed by atoms with Crippen molar-refractivity contribution in [3.05, 3.63) is 29.3 Å². The van der Waals surface area contributed by atoms with Gasteiger partial charge in [-0.2, -0.15) is 0 Å². The van der Waals surface area contributed by atoms with Crippen LogP contribution in [0.4, 0.5) is 0 Å². The number of likely N-dealkylation sites (tertiary alicyclic amines) is 1. The van der Waals surface area contributed by atoms with Gasteiger partial charge in [-0.15, -0.1) is 0 Å². The smallest absolute Gasteiger partial charge is 0.137 e.